The van der Waals surface area contributed by atoms with E-state index in [1.165, 1.54) is 10.4 Å². The van der Waals surface area contributed by atoms with E-state index in [2.05, 4.69) is 89.5 Å². The summed E-state index contributed by atoms with van der Waals surface area (Å²) in [5, 5.41) is 21.9. The lowest BCUT2D eigenvalue weighted by atomic mass is 9.95. The highest BCUT2D eigenvalue weighted by Gasteiger charge is 2.50. The summed E-state index contributed by atoms with van der Waals surface area (Å²) < 4.78 is 23.6. The van der Waals surface area contributed by atoms with Crippen molar-refractivity contribution in [3.05, 3.63) is 217 Å². The number of aryl methyl sites for hydroxylation is 2. The van der Waals surface area contributed by atoms with Crippen LogP contribution >= 0.6 is 0 Å². The Balaban J connectivity index is 0.000000169. The summed E-state index contributed by atoms with van der Waals surface area (Å²) in [6.07, 6.45) is 8.50. The van der Waals surface area contributed by atoms with E-state index in [9.17, 15) is 24.3 Å². The Bertz CT molecular complexity index is 4600. The molecule has 0 radical (unpaired) electrons. The Hall–Kier alpha value is -9.80. The number of imide groups is 2. The van der Waals surface area contributed by atoms with Crippen LogP contribution in [-0.4, -0.2) is 69.4 Å². The lowest BCUT2D eigenvalue weighted by Gasteiger charge is -2.43. The number of hydrogen-bond acceptors (Lipinski definition) is 10. The second kappa shape index (κ2) is 21.3. The van der Waals surface area contributed by atoms with Gasteiger partial charge in [-0.2, -0.15) is 0 Å². The van der Waals surface area contributed by atoms with Gasteiger partial charge in [-0.3, -0.25) is 29.8 Å². The minimum atomic E-state index is -2.69. The summed E-state index contributed by atoms with van der Waals surface area (Å²) >= 11 is 0. The fourth-order valence-corrected chi connectivity index (χ4v) is 16.9. The quantitative estimate of drug-likeness (QED) is 0.0538. The molecule has 0 spiro atoms. The van der Waals surface area contributed by atoms with Crippen molar-refractivity contribution in [2.24, 2.45) is 0 Å². The van der Waals surface area contributed by atoms with Crippen molar-refractivity contribution >= 4 is 131 Å². The molecule has 14 nitrogen and oxygen atoms in total. The summed E-state index contributed by atoms with van der Waals surface area (Å²) in [7, 11) is -2.69. The summed E-state index contributed by atoms with van der Waals surface area (Å²) in [5.41, 5.74) is 7.68. The number of pyridine rings is 2. The second-order valence-electron chi connectivity index (χ2n) is 21.8. The molecule has 83 heavy (non-hydrogen) atoms. The minimum absolute atomic E-state index is 0.0445. The van der Waals surface area contributed by atoms with Gasteiger partial charge in [-0.25, -0.2) is 9.97 Å². The van der Waals surface area contributed by atoms with Crippen LogP contribution in [0.25, 0.3) is 88.2 Å². The third-order valence-corrected chi connectivity index (χ3v) is 20.9. The molecule has 12 aromatic rings. The number of hydrogen-bond donors (Lipinski definition) is 3. The minimum Gasteiger partial charge on any atom is -0.455 e. The lowest BCUT2D eigenvalue weighted by molar-refractivity contribution is -0.124. The number of aliphatic hydroxyl groups is 1. The Morgan fingerprint density at radius 3 is 1.31 bits per heavy atom. The Kier molecular flexibility index (Phi) is 13.5. The van der Waals surface area contributed by atoms with Crippen LogP contribution in [0.3, 0.4) is 0 Å². The highest BCUT2D eigenvalue weighted by Crippen LogP contribution is 2.43. The maximum absolute atomic E-state index is 13.6. The van der Waals surface area contributed by atoms with E-state index in [0.717, 1.165) is 55.6 Å². The highest BCUT2D eigenvalue weighted by molar-refractivity contribution is 6.99. The zero-order valence-corrected chi connectivity index (χ0v) is 46.8. The molecule has 2 aliphatic rings. The summed E-state index contributed by atoms with van der Waals surface area (Å²) in [4.78, 5) is 62.4. The number of furan rings is 2. The van der Waals surface area contributed by atoms with Gasteiger partial charge in [0.1, 0.15) is 33.6 Å². The van der Waals surface area contributed by atoms with Gasteiger partial charge in [-0.05, 0) is 64.7 Å². The van der Waals surface area contributed by atoms with Gasteiger partial charge in [0.05, 0.1) is 22.3 Å². The number of nitrogens with one attached hydrogen (secondary N) is 2. The molecule has 0 aliphatic carbocycles. The van der Waals surface area contributed by atoms with Crippen LogP contribution in [0.5, 0.6) is 0 Å². The van der Waals surface area contributed by atoms with E-state index >= 15 is 0 Å². The molecule has 8 heterocycles. The molecule has 410 valence electrons. The van der Waals surface area contributed by atoms with E-state index in [0.29, 0.717) is 81.9 Å². The average Bonchev–Trinajstić information content (AvgIpc) is 4.29. The summed E-state index contributed by atoms with van der Waals surface area (Å²) in [6.45, 7) is 8.57. The van der Waals surface area contributed by atoms with Crippen LogP contribution in [0.4, 0.5) is 0 Å². The van der Waals surface area contributed by atoms with Crippen LogP contribution < -0.4 is 21.0 Å². The predicted molar refractivity (Wildman–Crippen MR) is 327 cm³/mol. The molecule has 0 saturated carbocycles. The molecule has 0 saturated heterocycles. The molecule has 4 amide bonds. The molecular formula is C68H56N6O8Si. The van der Waals surface area contributed by atoms with Gasteiger partial charge >= 0.3 is 0 Å². The fraction of sp³-hybridized carbons (Fsp3) is 0.147. The van der Waals surface area contributed by atoms with E-state index in [4.69, 9.17) is 18.2 Å². The van der Waals surface area contributed by atoms with Crippen molar-refractivity contribution < 1.29 is 37.5 Å². The van der Waals surface area contributed by atoms with Gasteiger partial charge in [-0.1, -0.05) is 154 Å². The van der Waals surface area contributed by atoms with Gasteiger partial charge in [0.25, 0.3) is 31.9 Å². The standard InChI is InChI=1S/C42H37N3O4Si.C26H19N3O4/c1-42(2,3)50(28-15-6-4-7-16-28,29-17-8-5-9-18-29)48-26-14-25-45-27-34(32-22-13-24-43-39(32)45)37-36(40(46)44-41(37)47)33-21-12-20-31-30-19-10-11-23-35(30)49-38(31)33;30-13-5-12-29-14-19(17-9-4-11-27-24(17)29)22-21(25(31)28-26(22)32)18-8-3-7-16-15-6-1-2-10-20(15)33-23(16)18/h4-13,15-24,27H,14,25-26H2,1-3H3,(H,44,46,47);1-4,6-11,14,30H,5,12-13H2,(H,28,31,32). The first-order chi connectivity index (χ1) is 40.4. The maximum Gasteiger partial charge on any atom is 0.261 e. The molecule has 3 N–H and O–H groups in total. The highest BCUT2D eigenvalue weighted by atomic mass is 28.4. The molecule has 0 unspecified atom stereocenters. The lowest BCUT2D eigenvalue weighted by Crippen LogP contribution is -2.66. The zero-order valence-electron chi connectivity index (χ0n) is 45.8. The number of aromatic nitrogens is 4. The molecule has 0 bridgehead atoms. The van der Waals surface area contributed by atoms with Crippen molar-refractivity contribution in [3.8, 4) is 0 Å². The van der Waals surface area contributed by atoms with E-state index in [1.54, 1.807) is 24.5 Å². The number of para-hydroxylation sites is 4. The molecule has 14 rings (SSSR count). The Labute approximate surface area is 477 Å². The first kappa shape index (κ1) is 52.6. The van der Waals surface area contributed by atoms with Gasteiger partial charge in [0.15, 0.2) is 0 Å². The first-order valence-electron chi connectivity index (χ1n) is 27.7. The van der Waals surface area contributed by atoms with Gasteiger partial charge in [-0.15, -0.1) is 0 Å². The van der Waals surface area contributed by atoms with Crippen LogP contribution in [0.1, 0.15) is 55.9 Å². The molecular weight excluding hydrogens is 1060 g/mol. The molecule has 2 aliphatic heterocycles. The number of rotatable bonds is 14. The third-order valence-electron chi connectivity index (χ3n) is 15.9. The Morgan fingerprint density at radius 1 is 0.470 bits per heavy atom. The fourth-order valence-electron chi connectivity index (χ4n) is 12.3. The molecule has 0 atom stereocenters. The monoisotopic (exact) mass is 1110 g/mol. The largest absolute Gasteiger partial charge is 0.455 e. The van der Waals surface area contributed by atoms with Crippen molar-refractivity contribution in [3.63, 3.8) is 0 Å². The van der Waals surface area contributed by atoms with E-state index in [1.807, 2.05) is 126 Å². The zero-order chi connectivity index (χ0) is 57.0. The van der Waals surface area contributed by atoms with E-state index in [-0.39, 0.29) is 17.2 Å². The SMILES string of the molecule is CC(C)(C)[Si](OCCCn1cc(C2=C(c3cccc4c3oc3ccccc34)C(=O)NC2=O)c2cccnc21)(c1ccccc1)c1ccccc1.O=C1NC(=O)C(c2cccc3c2oc2ccccc23)=C1c1cn(CCCO)c2ncccc12. The van der Waals surface area contributed by atoms with Crippen LogP contribution in [0, 0.1) is 0 Å². The van der Waals surface area contributed by atoms with E-state index < -0.39 is 31.9 Å². The van der Waals surface area contributed by atoms with Crippen molar-refractivity contribution in [1.29, 1.82) is 0 Å². The number of carbonyl (C=O) groups excluding carboxylic acids is 4. The number of nitrogens with zero attached hydrogens (tertiary/aromatic N) is 4. The second-order valence-corrected chi connectivity index (χ2v) is 26.1. The molecule has 15 heteroatoms. The summed E-state index contributed by atoms with van der Waals surface area (Å²) in [6, 6.07) is 55.6. The number of carbonyl (C=O) groups is 4. The van der Waals surface area contributed by atoms with Gasteiger partial charge in [0, 0.05) is 106 Å². The Morgan fingerprint density at radius 2 is 0.867 bits per heavy atom. The number of amides is 4. The van der Waals surface area contributed by atoms with Crippen LogP contribution in [-0.2, 0) is 36.7 Å². The van der Waals surface area contributed by atoms with Crippen LogP contribution in [0.2, 0.25) is 5.04 Å². The van der Waals surface area contributed by atoms with Gasteiger partial charge < -0.3 is 27.5 Å². The topological polar surface area (TPSA) is 184 Å². The van der Waals surface area contributed by atoms with Crippen molar-refractivity contribution in [2.75, 3.05) is 13.2 Å². The maximum atomic E-state index is 13.6. The van der Waals surface area contributed by atoms with Crippen molar-refractivity contribution in [1.82, 2.24) is 29.7 Å². The smallest absolute Gasteiger partial charge is 0.261 e. The van der Waals surface area contributed by atoms with Gasteiger partial charge in [0.2, 0.25) is 0 Å². The number of benzene rings is 6. The predicted octanol–water partition coefficient (Wildman–Crippen LogP) is 11.4. The molecule has 6 aromatic heterocycles. The molecule has 0 fully saturated rings. The first-order valence-corrected chi connectivity index (χ1v) is 29.6. The summed E-state index contributed by atoms with van der Waals surface area (Å²) in [5.74, 6) is -1.78. The van der Waals surface area contributed by atoms with Crippen molar-refractivity contribution in [2.45, 2.75) is 51.7 Å². The average molecular weight is 1110 g/mol. The number of fused-ring (bicyclic) bond motifs is 8. The normalized spacial score (nSPS) is 14.1. The molecule has 6 aromatic carbocycles. The third kappa shape index (κ3) is 8.97. The number of aliphatic hydroxyl groups excluding tert-OH is 1. The van der Waals surface area contributed by atoms with Crippen LogP contribution in [0.15, 0.2) is 203 Å².